The van der Waals surface area contributed by atoms with Gasteiger partial charge < -0.3 is 14.8 Å². The summed E-state index contributed by atoms with van der Waals surface area (Å²) in [4.78, 5) is 0. The van der Waals surface area contributed by atoms with Gasteiger partial charge in [0.25, 0.3) is 0 Å². The Morgan fingerprint density at radius 1 is 1.26 bits per heavy atom. The predicted molar refractivity (Wildman–Crippen MR) is 75.1 cm³/mol. The number of benzene rings is 1. The summed E-state index contributed by atoms with van der Waals surface area (Å²) in [5, 5.41) is 3.27. The highest BCUT2D eigenvalue weighted by atomic mass is 19.1. The highest BCUT2D eigenvalue weighted by Gasteiger charge is 2.11. The van der Waals surface area contributed by atoms with Crippen molar-refractivity contribution in [2.24, 2.45) is 0 Å². The Labute approximate surface area is 115 Å². The average molecular weight is 269 g/mol. The molecule has 1 unspecified atom stereocenters. The zero-order chi connectivity index (χ0) is 14.1. The molecule has 0 aliphatic rings. The molecule has 1 rings (SSSR count). The molecule has 0 radical (unpaired) electrons. The molecule has 0 bridgehead atoms. The molecular weight excluding hydrogens is 245 g/mol. The van der Waals surface area contributed by atoms with Crippen molar-refractivity contribution in [1.29, 1.82) is 0 Å². The van der Waals surface area contributed by atoms with Crippen LogP contribution >= 0.6 is 0 Å². The molecule has 0 spiro atoms. The normalized spacial score (nSPS) is 12.4. The van der Waals surface area contributed by atoms with Gasteiger partial charge in [0.2, 0.25) is 0 Å². The average Bonchev–Trinajstić information content (AvgIpc) is 2.41. The van der Waals surface area contributed by atoms with E-state index >= 15 is 0 Å². The van der Waals surface area contributed by atoms with Crippen LogP contribution in [-0.4, -0.2) is 26.4 Å². The maximum absolute atomic E-state index is 14.0. The van der Waals surface area contributed by atoms with Gasteiger partial charge >= 0.3 is 0 Å². The van der Waals surface area contributed by atoms with E-state index in [-0.39, 0.29) is 11.9 Å². The second-order valence-corrected chi connectivity index (χ2v) is 4.40. The Morgan fingerprint density at radius 3 is 2.68 bits per heavy atom. The second kappa shape index (κ2) is 8.88. The third kappa shape index (κ3) is 5.57. The fourth-order valence-electron chi connectivity index (χ4n) is 1.78. The maximum atomic E-state index is 14.0. The van der Waals surface area contributed by atoms with E-state index < -0.39 is 0 Å². The number of rotatable bonds is 9. The minimum Gasteiger partial charge on any atom is -0.491 e. The summed E-state index contributed by atoms with van der Waals surface area (Å²) in [6.07, 6.45) is 1.03. The van der Waals surface area contributed by atoms with Crippen molar-refractivity contribution in [2.45, 2.75) is 33.2 Å². The molecule has 0 amide bonds. The Kier molecular flexibility index (Phi) is 7.45. The molecule has 108 valence electrons. The van der Waals surface area contributed by atoms with Crippen LogP contribution in [0.2, 0.25) is 0 Å². The van der Waals surface area contributed by atoms with E-state index in [1.54, 1.807) is 12.1 Å². The van der Waals surface area contributed by atoms with Crippen LogP contribution in [0.15, 0.2) is 18.2 Å². The lowest BCUT2D eigenvalue weighted by atomic mass is 10.1. The Bertz CT molecular complexity index is 371. The number of nitrogens with one attached hydrogen (secondary N) is 1. The van der Waals surface area contributed by atoms with E-state index in [1.165, 1.54) is 6.07 Å². The van der Waals surface area contributed by atoms with Crippen LogP contribution in [-0.2, 0) is 4.74 Å². The van der Waals surface area contributed by atoms with Crippen molar-refractivity contribution in [3.05, 3.63) is 29.6 Å². The Hall–Kier alpha value is -1.13. The van der Waals surface area contributed by atoms with Gasteiger partial charge in [-0.15, -0.1) is 0 Å². The van der Waals surface area contributed by atoms with Crippen molar-refractivity contribution in [3.8, 4) is 5.75 Å². The van der Waals surface area contributed by atoms with Crippen LogP contribution < -0.4 is 10.1 Å². The summed E-state index contributed by atoms with van der Waals surface area (Å²) in [6, 6.07) is 5.02. The van der Waals surface area contributed by atoms with Gasteiger partial charge in [0.05, 0.1) is 6.61 Å². The summed E-state index contributed by atoms with van der Waals surface area (Å²) in [5.41, 5.74) is 0.672. The smallest absolute Gasteiger partial charge is 0.131 e. The van der Waals surface area contributed by atoms with Crippen LogP contribution in [0.5, 0.6) is 5.75 Å². The van der Waals surface area contributed by atoms with Gasteiger partial charge in [-0.1, -0.05) is 13.0 Å². The van der Waals surface area contributed by atoms with Crippen LogP contribution in [0.4, 0.5) is 4.39 Å². The van der Waals surface area contributed by atoms with Gasteiger partial charge in [0.1, 0.15) is 18.2 Å². The van der Waals surface area contributed by atoms with Crippen molar-refractivity contribution in [3.63, 3.8) is 0 Å². The van der Waals surface area contributed by atoms with E-state index in [1.807, 2.05) is 13.8 Å². The van der Waals surface area contributed by atoms with Crippen LogP contribution in [0.1, 0.15) is 38.8 Å². The van der Waals surface area contributed by atoms with Crippen LogP contribution in [0.25, 0.3) is 0 Å². The zero-order valence-electron chi connectivity index (χ0n) is 12.0. The molecule has 1 N–H and O–H groups in total. The Morgan fingerprint density at radius 2 is 2.05 bits per heavy atom. The molecule has 0 heterocycles. The Balaban J connectivity index is 2.53. The fourth-order valence-corrected chi connectivity index (χ4v) is 1.78. The van der Waals surface area contributed by atoms with Gasteiger partial charge in [0, 0.05) is 24.3 Å². The lowest BCUT2D eigenvalue weighted by Gasteiger charge is -2.15. The first-order chi connectivity index (χ1) is 9.19. The summed E-state index contributed by atoms with van der Waals surface area (Å²) >= 11 is 0. The molecule has 1 atom stereocenters. The molecule has 0 fully saturated rings. The van der Waals surface area contributed by atoms with Gasteiger partial charge in [-0.05, 0) is 32.9 Å². The number of ether oxygens (including phenoxy) is 2. The molecule has 1 aromatic rings. The first-order valence-corrected chi connectivity index (χ1v) is 6.92. The number of hydrogen-bond donors (Lipinski definition) is 1. The molecule has 3 nitrogen and oxygen atoms in total. The molecular formula is C15H24FNO2. The third-order valence-corrected chi connectivity index (χ3v) is 2.84. The minimum atomic E-state index is -0.231. The summed E-state index contributed by atoms with van der Waals surface area (Å²) < 4.78 is 24.5. The lowest BCUT2D eigenvalue weighted by molar-refractivity contribution is 0.110. The van der Waals surface area contributed by atoms with Gasteiger partial charge in [0.15, 0.2) is 0 Å². The molecule has 19 heavy (non-hydrogen) atoms. The first kappa shape index (κ1) is 15.9. The third-order valence-electron chi connectivity index (χ3n) is 2.84. The van der Waals surface area contributed by atoms with Crippen LogP contribution in [0, 0.1) is 5.82 Å². The highest BCUT2D eigenvalue weighted by Crippen LogP contribution is 2.21. The summed E-state index contributed by atoms with van der Waals surface area (Å²) in [5.74, 6) is 0.314. The summed E-state index contributed by atoms with van der Waals surface area (Å²) in [7, 11) is 0. The van der Waals surface area contributed by atoms with Gasteiger partial charge in [-0.3, -0.25) is 0 Å². The first-order valence-electron chi connectivity index (χ1n) is 6.92. The van der Waals surface area contributed by atoms with Crippen molar-refractivity contribution in [1.82, 2.24) is 5.32 Å². The standard InChI is InChI=1S/C15H24FNO2/c1-4-8-17-12(3)14-7-6-13(11-15(14)16)19-10-9-18-5-2/h6-7,11-12,17H,4-5,8-10H2,1-3H3. The molecule has 0 saturated carbocycles. The van der Waals surface area contributed by atoms with E-state index in [0.29, 0.717) is 31.1 Å². The maximum Gasteiger partial charge on any atom is 0.131 e. The second-order valence-electron chi connectivity index (χ2n) is 4.40. The number of hydrogen-bond acceptors (Lipinski definition) is 3. The topological polar surface area (TPSA) is 30.5 Å². The number of halogens is 1. The summed E-state index contributed by atoms with van der Waals surface area (Å²) in [6.45, 7) is 8.49. The van der Waals surface area contributed by atoms with Gasteiger partial charge in [-0.25, -0.2) is 4.39 Å². The van der Waals surface area contributed by atoms with Crippen molar-refractivity contribution in [2.75, 3.05) is 26.4 Å². The van der Waals surface area contributed by atoms with E-state index in [0.717, 1.165) is 13.0 Å². The van der Waals surface area contributed by atoms with Crippen LogP contribution in [0.3, 0.4) is 0 Å². The van der Waals surface area contributed by atoms with Crippen molar-refractivity contribution >= 4 is 0 Å². The molecule has 4 heteroatoms. The van der Waals surface area contributed by atoms with Crippen molar-refractivity contribution < 1.29 is 13.9 Å². The predicted octanol–water partition coefficient (Wildman–Crippen LogP) is 3.30. The van der Waals surface area contributed by atoms with E-state index in [2.05, 4.69) is 12.2 Å². The molecule has 0 aromatic heterocycles. The lowest BCUT2D eigenvalue weighted by Crippen LogP contribution is -2.20. The monoisotopic (exact) mass is 269 g/mol. The minimum absolute atomic E-state index is 0.0115. The SMILES string of the molecule is CCCNC(C)c1ccc(OCCOCC)cc1F. The van der Waals surface area contributed by atoms with E-state index in [9.17, 15) is 4.39 Å². The quantitative estimate of drug-likeness (QED) is 0.698. The molecule has 1 aromatic carbocycles. The fraction of sp³-hybridized carbons (Fsp3) is 0.600. The van der Waals surface area contributed by atoms with E-state index in [4.69, 9.17) is 9.47 Å². The highest BCUT2D eigenvalue weighted by molar-refractivity contribution is 5.30. The van der Waals surface area contributed by atoms with Gasteiger partial charge in [-0.2, -0.15) is 0 Å². The molecule has 0 saturated heterocycles. The molecule has 0 aliphatic carbocycles. The zero-order valence-corrected chi connectivity index (χ0v) is 12.0. The largest absolute Gasteiger partial charge is 0.491 e. The molecule has 0 aliphatic heterocycles.